The van der Waals surface area contributed by atoms with E-state index in [-0.39, 0.29) is 67.2 Å². The second-order valence-electron chi connectivity index (χ2n) is 25.4. The Morgan fingerprint density at radius 2 is 1.63 bits per heavy atom. The lowest BCUT2D eigenvalue weighted by Gasteiger charge is -2.48. The van der Waals surface area contributed by atoms with E-state index in [9.17, 15) is 43.8 Å². The molecule has 1 saturated carbocycles. The molecule has 1 aliphatic carbocycles. The van der Waals surface area contributed by atoms with Crippen molar-refractivity contribution in [1.82, 2.24) is 19.4 Å². The fraction of sp³-hybridized carbons (Fsp3) is 0.606. The third kappa shape index (κ3) is 15.5. The number of hydrogen-bond acceptors (Lipinski definition) is 20. The Balaban J connectivity index is 1.03. The SMILES string of the molecule is CC[C@H]1OC(=O)[C@H](C)[C@@H](OC(=O)CCNCCCCNc2cc3c(cc2F)c(=O)c(C(=O)O)cn3C2CC2)[C@H](C)[C@@H](O[C@@H]2O[C@H](C)C[C@H](N(C)C)[C@H]2O)[C@](C)(OC)C[C@@H](C)/C(=N\OC/C=C/c2ccc3c(c2)c(=O)c(C(N)=O)cn3CC)[C@H](C)[C@H]2OC(=O)O[C@@]21C. The average Bonchev–Trinajstić information content (AvgIpc) is 1.78. The van der Waals surface area contributed by atoms with Crippen LogP contribution >= 0.6 is 0 Å². The Morgan fingerprint density at radius 3 is 2.29 bits per heavy atom. The predicted octanol–water partition coefficient (Wildman–Crippen LogP) is 7.56. The second-order valence-corrected chi connectivity index (χ2v) is 25.4. The fourth-order valence-corrected chi connectivity index (χ4v) is 13.3. The number of amides is 1. The van der Waals surface area contributed by atoms with Crippen LogP contribution in [0.3, 0.4) is 0 Å². The molecule has 6 N–H and O–H groups in total. The molecule has 0 bridgehead atoms. The van der Waals surface area contributed by atoms with E-state index in [1.54, 1.807) is 67.2 Å². The number of pyridine rings is 2. The van der Waals surface area contributed by atoms with Crippen LogP contribution < -0.4 is 27.2 Å². The molecule has 4 fully saturated rings. The van der Waals surface area contributed by atoms with Crippen molar-refractivity contribution < 1.29 is 76.6 Å². The number of carbonyl (C=O) groups is 5. The number of hydrogen-bond donors (Lipinski definition) is 5. The number of carboxylic acid groups (broad SMARTS) is 1. The van der Waals surface area contributed by atoms with E-state index in [2.05, 4.69) is 10.6 Å². The summed E-state index contributed by atoms with van der Waals surface area (Å²) in [6.45, 7) is 17.5. The zero-order chi connectivity index (χ0) is 66.4. The van der Waals surface area contributed by atoms with E-state index in [0.29, 0.717) is 66.6 Å². The summed E-state index contributed by atoms with van der Waals surface area (Å²) in [6.07, 6.45) is 1.50. The number of halogens is 1. The molecule has 0 spiro atoms. The van der Waals surface area contributed by atoms with Gasteiger partial charge in [-0.05, 0) is 136 Å². The average molecular weight is 1270 g/mol. The molecule has 24 nitrogen and oxygen atoms in total. The number of methoxy groups -OCH3 is 1. The number of aromatic nitrogens is 2. The minimum atomic E-state index is -1.57. The summed E-state index contributed by atoms with van der Waals surface area (Å²) in [5.74, 6) is -7.69. The molecule has 0 radical (unpaired) electrons. The Hall–Kier alpha value is -7.29. The van der Waals surface area contributed by atoms with Crippen molar-refractivity contribution in [3.05, 3.63) is 91.8 Å². The number of oxime groups is 1. The van der Waals surface area contributed by atoms with Gasteiger partial charge in [0, 0.05) is 79.7 Å². The van der Waals surface area contributed by atoms with E-state index in [1.807, 2.05) is 59.7 Å². The first-order chi connectivity index (χ1) is 43.2. The Labute approximate surface area is 528 Å². The number of aryl methyl sites for hydroxylation is 1. The van der Waals surface area contributed by atoms with Gasteiger partial charge in [0.2, 0.25) is 10.9 Å². The van der Waals surface area contributed by atoms with Gasteiger partial charge in [0.05, 0.1) is 52.6 Å². The summed E-state index contributed by atoms with van der Waals surface area (Å²) in [5.41, 5.74) is 3.20. The summed E-state index contributed by atoms with van der Waals surface area (Å²) in [7, 11) is 5.22. The number of aromatic carboxylic acids is 1. The van der Waals surface area contributed by atoms with Gasteiger partial charge in [-0.1, -0.05) is 45.0 Å². The van der Waals surface area contributed by atoms with E-state index in [0.717, 1.165) is 18.9 Å². The predicted molar refractivity (Wildman–Crippen MR) is 337 cm³/mol. The molecule has 91 heavy (non-hydrogen) atoms. The molecular weight excluding hydrogens is 1180 g/mol. The number of rotatable bonds is 23. The first-order valence-electron chi connectivity index (χ1n) is 31.6. The summed E-state index contributed by atoms with van der Waals surface area (Å²) in [4.78, 5) is 101. The van der Waals surface area contributed by atoms with Gasteiger partial charge in [-0.2, -0.15) is 0 Å². The number of nitrogens with zero attached hydrogens (tertiary/aromatic N) is 4. The minimum absolute atomic E-state index is 0.00325. The van der Waals surface area contributed by atoms with E-state index < -0.39 is 124 Å². The first kappa shape index (κ1) is 69.6. The van der Waals surface area contributed by atoms with Crippen LogP contribution in [0.4, 0.5) is 14.9 Å². The molecule has 4 aromatic rings. The highest BCUT2D eigenvalue weighted by molar-refractivity contribution is 5.97. The van der Waals surface area contributed by atoms with Crippen molar-refractivity contribution in [3.63, 3.8) is 0 Å². The van der Waals surface area contributed by atoms with Gasteiger partial charge >= 0.3 is 24.1 Å². The quantitative estimate of drug-likeness (QED) is 0.0207. The number of cyclic esters (lactones) is 1. The van der Waals surface area contributed by atoms with Gasteiger partial charge in [-0.3, -0.25) is 24.0 Å². The maximum absolute atomic E-state index is 15.4. The lowest BCUT2D eigenvalue weighted by molar-refractivity contribution is -0.301. The molecule has 498 valence electrons. The van der Waals surface area contributed by atoms with Gasteiger partial charge < -0.3 is 78.6 Å². The number of anilines is 1. The van der Waals surface area contributed by atoms with Gasteiger partial charge in [-0.15, -0.1) is 0 Å². The topological polar surface area (TPSA) is 309 Å². The van der Waals surface area contributed by atoms with Crippen LogP contribution in [0.15, 0.2) is 63.5 Å². The number of likely N-dealkylation sites (N-methyl/N-ethyl adjacent to an activating group) is 1. The number of ether oxygens (including phenoxy) is 7. The number of primary amides is 1. The number of nitrogens with one attached hydrogen (secondary N) is 2. The third-order valence-corrected chi connectivity index (χ3v) is 18.5. The number of aliphatic hydroxyl groups is 1. The van der Waals surface area contributed by atoms with Crippen LogP contribution in [0, 0.1) is 29.5 Å². The van der Waals surface area contributed by atoms with Gasteiger partial charge in [0.1, 0.15) is 41.9 Å². The van der Waals surface area contributed by atoms with Crippen LogP contribution in [0.5, 0.6) is 0 Å². The van der Waals surface area contributed by atoms with Crippen LogP contribution in [-0.4, -0.2) is 168 Å². The van der Waals surface area contributed by atoms with Crippen LogP contribution in [0.2, 0.25) is 0 Å². The fourth-order valence-electron chi connectivity index (χ4n) is 13.3. The van der Waals surface area contributed by atoms with Crippen molar-refractivity contribution in [2.45, 2.75) is 186 Å². The third-order valence-electron chi connectivity index (χ3n) is 18.5. The molecule has 8 rings (SSSR count). The second kappa shape index (κ2) is 29.5. The molecule has 3 aliphatic heterocycles. The zero-order valence-corrected chi connectivity index (χ0v) is 54.2. The standard InChI is InChI=1S/C66H90FN7O17/c1-13-51-66(9)59(90-64(83)91-66)37(5)53(71-85-27-17-18-40-19-22-48-42(29-40)54(76)44(60(68)79)33-73(48)14-2)35(3)32-65(8,84-12)58(89-63-56(78)50(72(10)11)28-36(4)86-63)38(6)57(39(7)62(82)87-51)88-52(75)23-26-69-24-15-16-25-70-47-31-49-43(30-46(47)67)55(77)45(61(80)81)34-74(49)41-20-21-41/h17-19,22,29-31,33-39,41,50-51,56-59,63,69-70,78H,13-16,20-21,23-28,32H2,1-12H3,(H2,68,79)(H,80,81)/b18-17+,71-53+/t35-,36-,37+,38+,39-,50+,51-,56-,57+,58-,59-,63+,65-,66-/m1/s1. The van der Waals surface area contributed by atoms with Crippen molar-refractivity contribution >= 4 is 69.3 Å². The number of fused-ring (bicyclic) bond motifs is 3. The summed E-state index contributed by atoms with van der Waals surface area (Å²) in [5, 5.41) is 33.0. The van der Waals surface area contributed by atoms with Crippen LogP contribution in [0.1, 0.15) is 146 Å². The normalized spacial score (nSPS) is 29.6. The maximum atomic E-state index is 15.4. The number of benzene rings is 2. The largest absolute Gasteiger partial charge is 0.509 e. The molecule has 25 heteroatoms. The lowest BCUT2D eigenvalue weighted by Crippen LogP contribution is -2.60. The number of nitrogens with two attached hydrogens (primary N) is 1. The van der Waals surface area contributed by atoms with Gasteiger partial charge in [0.25, 0.3) is 5.91 Å². The maximum Gasteiger partial charge on any atom is 0.509 e. The van der Waals surface area contributed by atoms with Gasteiger partial charge in [-0.25, -0.2) is 14.0 Å². The number of carbonyl (C=O) groups excluding carboxylic acids is 4. The number of aliphatic hydroxyl groups excluding tert-OH is 1. The van der Waals surface area contributed by atoms with E-state index in [4.69, 9.17) is 48.9 Å². The van der Waals surface area contributed by atoms with Crippen LogP contribution in [-0.2, 0) is 54.1 Å². The Morgan fingerprint density at radius 1 is 0.923 bits per heavy atom. The number of carboxylic acids is 1. The molecule has 3 saturated heterocycles. The van der Waals surface area contributed by atoms with E-state index in [1.165, 1.54) is 19.5 Å². The smallest absolute Gasteiger partial charge is 0.477 e. The minimum Gasteiger partial charge on any atom is -0.477 e. The Kier molecular flexibility index (Phi) is 22.6. The zero-order valence-electron chi connectivity index (χ0n) is 54.2. The highest BCUT2D eigenvalue weighted by atomic mass is 19.1. The number of esters is 2. The number of unbranched alkanes of at least 4 members (excludes halogenated alkanes) is 1. The summed E-state index contributed by atoms with van der Waals surface area (Å²) < 4.78 is 63.5. The van der Waals surface area contributed by atoms with E-state index >= 15 is 4.39 Å². The first-order valence-corrected chi connectivity index (χ1v) is 31.6. The highest BCUT2D eigenvalue weighted by Gasteiger charge is 2.59. The highest BCUT2D eigenvalue weighted by Crippen LogP contribution is 2.44. The molecule has 0 unspecified atom stereocenters. The molecule has 4 aliphatic rings. The van der Waals surface area contributed by atoms with Crippen molar-refractivity contribution in [1.29, 1.82) is 0 Å². The molecule has 2 aromatic carbocycles. The summed E-state index contributed by atoms with van der Waals surface area (Å²) >= 11 is 0. The van der Waals surface area contributed by atoms with Crippen molar-refractivity contribution in [2.75, 3.05) is 52.8 Å². The Bertz CT molecular complexity index is 3510. The van der Waals surface area contributed by atoms with Crippen molar-refractivity contribution in [3.8, 4) is 0 Å². The lowest BCUT2D eigenvalue weighted by atomic mass is 9.73. The van der Waals surface area contributed by atoms with Crippen LogP contribution in [0.25, 0.3) is 27.9 Å². The summed E-state index contributed by atoms with van der Waals surface area (Å²) in [6, 6.07) is 7.56. The molecular formula is C66H90FN7O17. The van der Waals surface area contributed by atoms with Gasteiger partial charge in [0.15, 0.2) is 18.0 Å². The monoisotopic (exact) mass is 1270 g/mol. The van der Waals surface area contributed by atoms with Crippen molar-refractivity contribution in [2.24, 2.45) is 34.6 Å². The molecule has 1 amide bonds. The molecule has 14 atom stereocenters. The molecule has 5 heterocycles. The molecule has 2 aromatic heterocycles.